The summed E-state index contributed by atoms with van der Waals surface area (Å²) in [6.45, 7) is -0.177. The monoisotopic (exact) mass is 235 g/mol. The number of nitriles is 1. The zero-order valence-corrected chi connectivity index (χ0v) is 8.97. The van der Waals surface area contributed by atoms with Gasteiger partial charge in [-0.25, -0.2) is 0 Å². The van der Waals surface area contributed by atoms with Gasteiger partial charge in [-0.3, -0.25) is 14.9 Å². The fourth-order valence-electron chi connectivity index (χ4n) is 1.14. The molecular weight excluding hydrogens is 226 g/mol. The van der Waals surface area contributed by atoms with Crippen molar-refractivity contribution < 1.29 is 14.5 Å². The number of benzene rings is 1. The molecule has 0 aliphatic carbocycles. The first-order valence-electron chi connectivity index (χ1n) is 4.57. The Kier molecular flexibility index (Phi) is 4.00. The van der Waals surface area contributed by atoms with Crippen molar-refractivity contribution in [2.75, 3.05) is 19.0 Å². The number of nitro benzene ring substituents is 1. The van der Waals surface area contributed by atoms with Crippen LogP contribution in [0.1, 0.15) is 5.56 Å². The van der Waals surface area contributed by atoms with Gasteiger partial charge in [0.15, 0.2) is 0 Å². The number of carbonyl (C=O) groups is 1. The van der Waals surface area contributed by atoms with E-state index in [2.05, 4.69) is 10.1 Å². The molecule has 0 spiro atoms. The standard InChI is InChI=1S/C10H9N3O4/c1-17-10(14)6-12-8-3-2-7(5-11)4-9(8)13(15)16/h2-4,12H,6H2,1H3. The van der Waals surface area contributed by atoms with E-state index in [1.807, 2.05) is 0 Å². The highest BCUT2D eigenvalue weighted by Crippen LogP contribution is 2.24. The number of anilines is 1. The number of hydrogen-bond acceptors (Lipinski definition) is 6. The van der Waals surface area contributed by atoms with Gasteiger partial charge in [0.1, 0.15) is 12.2 Å². The molecule has 7 heteroatoms. The highest BCUT2D eigenvalue weighted by molar-refractivity contribution is 5.76. The second-order valence-corrected chi connectivity index (χ2v) is 3.03. The highest BCUT2D eigenvalue weighted by atomic mass is 16.6. The van der Waals surface area contributed by atoms with Crippen molar-refractivity contribution in [1.29, 1.82) is 5.26 Å². The fraction of sp³-hybridized carbons (Fsp3) is 0.200. The zero-order valence-electron chi connectivity index (χ0n) is 8.97. The number of carbonyl (C=O) groups excluding carboxylic acids is 1. The third kappa shape index (κ3) is 3.17. The molecule has 1 N–H and O–H groups in total. The summed E-state index contributed by atoms with van der Waals surface area (Å²) in [5.41, 5.74) is 0.0904. The van der Waals surface area contributed by atoms with Crippen molar-refractivity contribution in [2.45, 2.75) is 0 Å². The predicted molar refractivity (Wildman–Crippen MR) is 58.3 cm³/mol. The van der Waals surface area contributed by atoms with Gasteiger partial charge in [-0.15, -0.1) is 0 Å². The Hall–Kier alpha value is -2.62. The van der Waals surface area contributed by atoms with Crippen LogP contribution in [-0.2, 0) is 9.53 Å². The van der Waals surface area contributed by atoms with E-state index in [-0.39, 0.29) is 23.5 Å². The molecule has 1 rings (SSSR count). The van der Waals surface area contributed by atoms with Crippen LogP contribution in [-0.4, -0.2) is 24.5 Å². The lowest BCUT2D eigenvalue weighted by Crippen LogP contribution is -2.15. The Morgan fingerprint density at radius 3 is 2.88 bits per heavy atom. The van der Waals surface area contributed by atoms with Gasteiger partial charge in [0.25, 0.3) is 5.69 Å². The lowest BCUT2D eigenvalue weighted by atomic mass is 10.2. The summed E-state index contributed by atoms with van der Waals surface area (Å²) in [5.74, 6) is -0.538. The van der Waals surface area contributed by atoms with E-state index in [0.717, 1.165) is 6.07 Å². The summed E-state index contributed by atoms with van der Waals surface area (Å²) in [7, 11) is 1.22. The number of methoxy groups -OCH3 is 1. The Balaban J connectivity index is 2.95. The largest absolute Gasteiger partial charge is 0.468 e. The third-order valence-electron chi connectivity index (χ3n) is 1.97. The molecule has 0 unspecified atom stereocenters. The number of ether oxygens (including phenoxy) is 1. The van der Waals surface area contributed by atoms with E-state index in [9.17, 15) is 14.9 Å². The first kappa shape index (κ1) is 12.4. The minimum absolute atomic E-state index is 0.166. The van der Waals surface area contributed by atoms with Crippen molar-refractivity contribution in [1.82, 2.24) is 0 Å². The Bertz CT molecular complexity index is 493. The number of nitrogens with zero attached hydrogens (tertiary/aromatic N) is 2. The first-order chi connectivity index (χ1) is 8.08. The highest BCUT2D eigenvalue weighted by Gasteiger charge is 2.15. The summed E-state index contributed by atoms with van der Waals surface area (Å²) >= 11 is 0. The van der Waals surface area contributed by atoms with E-state index in [1.54, 1.807) is 6.07 Å². The molecule has 1 aromatic rings. The molecule has 88 valence electrons. The Morgan fingerprint density at radius 1 is 1.65 bits per heavy atom. The molecule has 0 saturated carbocycles. The van der Waals surface area contributed by atoms with E-state index in [0.29, 0.717) is 0 Å². The van der Waals surface area contributed by atoms with Crippen molar-refractivity contribution in [3.8, 4) is 6.07 Å². The minimum Gasteiger partial charge on any atom is -0.468 e. The molecule has 0 fully saturated rings. The quantitative estimate of drug-likeness (QED) is 0.475. The fourth-order valence-corrected chi connectivity index (χ4v) is 1.14. The Labute approximate surface area is 96.8 Å². The molecule has 0 aromatic heterocycles. The van der Waals surface area contributed by atoms with Crippen LogP contribution >= 0.6 is 0 Å². The van der Waals surface area contributed by atoms with E-state index >= 15 is 0 Å². The van der Waals surface area contributed by atoms with Crippen LogP contribution in [0.3, 0.4) is 0 Å². The molecule has 0 aliphatic rings. The van der Waals surface area contributed by atoms with Crippen LogP contribution in [0.4, 0.5) is 11.4 Å². The van der Waals surface area contributed by atoms with Crippen LogP contribution in [0, 0.1) is 21.4 Å². The Morgan fingerprint density at radius 2 is 2.35 bits per heavy atom. The van der Waals surface area contributed by atoms with Gasteiger partial charge in [-0.05, 0) is 12.1 Å². The summed E-state index contributed by atoms with van der Waals surface area (Å²) in [6, 6.07) is 5.74. The summed E-state index contributed by atoms with van der Waals surface area (Å²) in [4.78, 5) is 21.0. The molecule has 17 heavy (non-hydrogen) atoms. The molecule has 7 nitrogen and oxygen atoms in total. The molecule has 1 aromatic carbocycles. The molecule has 0 radical (unpaired) electrons. The van der Waals surface area contributed by atoms with Crippen molar-refractivity contribution >= 4 is 17.3 Å². The number of nitro groups is 1. The van der Waals surface area contributed by atoms with Crippen LogP contribution in [0.2, 0.25) is 0 Å². The molecular formula is C10H9N3O4. The first-order valence-corrected chi connectivity index (χ1v) is 4.57. The smallest absolute Gasteiger partial charge is 0.325 e. The van der Waals surface area contributed by atoms with Gasteiger partial charge < -0.3 is 10.1 Å². The number of esters is 1. The average Bonchev–Trinajstić information content (AvgIpc) is 2.35. The molecule has 0 saturated heterocycles. The summed E-state index contributed by atoms with van der Waals surface area (Å²) < 4.78 is 4.39. The molecule has 0 amide bonds. The lowest BCUT2D eigenvalue weighted by Gasteiger charge is -2.05. The topological polar surface area (TPSA) is 105 Å². The van der Waals surface area contributed by atoms with Crippen LogP contribution in [0.15, 0.2) is 18.2 Å². The van der Waals surface area contributed by atoms with Gasteiger partial charge in [-0.1, -0.05) is 0 Å². The molecule has 0 bridgehead atoms. The lowest BCUT2D eigenvalue weighted by molar-refractivity contribution is -0.384. The SMILES string of the molecule is COC(=O)CNc1ccc(C#N)cc1[N+](=O)[O-]. The predicted octanol–water partition coefficient (Wildman–Crippen LogP) is 1.05. The van der Waals surface area contributed by atoms with Gasteiger partial charge in [0, 0.05) is 6.07 Å². The number of rotatable bonds is 4. The van der Waals surface area contributed by atoms with Crippen LogP contribution in [0.5, 0.6) is 0 Å². The molecule has 0 aliphatic heterocycles. The van der Waals surface area contributed by atoms with E-state index in [4.69, 9.17) is 5.26 Å². The third-order valence-corrected chi connectivity index (χ3v) is 1.97. The van der Waals surface area contributed by atoms with Crippen LogP contribution < -0.4 is 5.32 Å². The minimum atomic E-state index is -0.625. The molecule has 0 atom stereocenters. The van der Waals surface area contributed by atoms with E-state index in [1.165, 1.54) is 19.2 Å². The maximum atomic E-state index is 10.9. The maximum Gasteiger partial charge on any atom is 0.325 e. The maximum absolute atomic E-state index is 10.9. The van der Waals surface area contributed by atoms with Gasteiger partial charge >= 0.3 is 5.97 Å². The van der Waals surface area contributed by atoms with Crippen molar-refractivity contribution in [3.63, 3.8) is 0 Å². The second kappa shape index (κ2) is 5.46. The van der Waals surface area contributed by atoms with Gasteiger partial charge in [0.2, 0.25) is 0 Å². The number of nitrogens with one attached hydrogen (secondary N) is 1. The van der Waals surface area contributed by atoms with Gasteiger partial charge in [-0.2, -0.15) is 5.26 Å². The number of hydrogen-bond donors (Lipinski definition) is 1. The average molecular weight is 235 g/mol. The molecule has 0 heterocycles. The zero-order chi connectivity index (χ0) is 12.8. The normalized spacial score (nSPS) is 9.18. The van der Waals surface area contributed by atoms with Crippen molar-refractivity contribution in [3.05, 3.63) is 33.9 Å². The van der Waals surface area contributed by atoms with Crippen molar-refractivity contribution in [2.24, 2.45) is 0 Å². The summed E-state index contributed by atoms with van der Waals surface area (Å²) in [5, 5.41) is 21.9. The van der Waals surface area contributed by atoms with E-state index < -0.39 is 10.9 Å². The summed E-state index contributed by atoms with van der Waals surface area (Å²) in [6.07, 6.45) is 0. The van der Waals surface area contributed by atoms with Gasteiger partial charge in [0.05, 0.1) is 23.7 Å². The second-order valence-electron chi connectivity index (χ2n) is 3.03. The van der Waals surface area contributed by atoms with Crippen LogP contribution in [0.25, 0.3) is 0 Å².